The molecule has 0 aliphatic rings. The van der Waals surface area contributed by atoms with Crippen LogP contribution in [0.1, 0.15) is 0 Å². The summed E-state index contributed by atoms with van der Waals surface area (Å²) in [5, 5.41) is 14.2. The fourth-order valence-electron chi connectivity index (χ4n) is 20.5. The summed E-state index contributed by atoms with van der Waals surface area (Å²) in [6.45, 7) is 0. The van der Waals surface area contributed by atoms with Crippen LogP contribution in [0.4, 0.5) is 0 Å². The van der Waals surface area contributed by atoms with Crippen molar-refractivity contribution in [3.8, 4) is 129 Å². The summed E-state index contributed by atoms with van der Waals surface area (Å²) in [7, 11) is 0. The molecule has 0 amide bonds. The maximum absolute atomic E-state index is 6.25. The lowest BCUT2D eigenvalue weighted by Gasteiger charge is -2.14. The van der Waals surface area contributed by atoms with Gasteiger partial charge in [-0.05, 0) is 254 Å². The van der Waals surface area contributed by atoms with Crippen LogP contribution in [0.3, 0.4) is 0 Å². The fraction of sp³-hybridized carbons (Fsp3) is 0. The third kappa shape index (κ3) is 14.5. The van der Waals surface area contributed by atoms with Crippen LogP contribution in [-0.2, 0) is 0 Å². The van der Waals surface area contributed by atoms with Crippen molar-refractivity contribution in [1.29, 1.82) is 0 Å². The lowest BCUT2D eigenvalue weighted by Crippen LogP contribution is -1.97. The van der Waals surface area contributed by atoms with E-state index in [0.29, 0.717) is 5.82 Å². The molecule has 21 aromatic carbocycles. The van der Waals surface area contributed by atoms with Crippen molar-refractivity contribution in [2.24, 2.45) is 0 Å². The average Bonchev–Trinajstić information content (AvgIpc) is 1.59. The number of aromatic nitrogens is 5. The molecule has 0 radical (unpaired) electrons. The number of fused-ring (bicyclic) bond motifs is 18. The van der Waals surface area contributed by atoms with Crippen molar-refractivity contribution in [3.63, 3.8) is 0 Å². The molecule has 0 spiro atoms. The Kier molecular flexibility index (Phi) is 19.8. The van der Waals surface area contributed by atoms with E-state index < -0.39 is 0 Å². The minimum absolute atomic E-state index is 0.700. The van der Waals surface area contributed by atoms with E-state index in [0.717, 1.165) is 122 Å². The predicted octanol–water partition coefficient (Wildman–Crippen LogP) is 35.5. The fourth-order valence-corrected chi connectivity index (χ4v) is 20.5. The minimum Gasteiger partial charge on any atom is -0.456 e. The maximum Gasteiger partial charge on any atom is 0.160 e. The van der Waals surface area contributed by atoms with Gasteiger partial charge >= 0.3 is 0 Å². The van der Waals surface area contributed by atoms with E-state index in [1.807, 2.05) is 60.7 Å². The topological polar surface area (TPSA) is 80.0 Å². The highest BCUT2D eigenvalue weighted by atomic mass is 16.3. The molecule has 8 nitrogen and oxygen atoms in total. The Balaban J connectivity index is 0.000000107. The molecule has 0 unspecified atom stereocenters. The van der Waals surface area contributed by atoms with Gasteiger partial charge in [-0.1, -0.05) is 328 Å². The zero-order valence-corrected chi connectivity index (χ0v) is 74.9. The molecule has 138 heavy (non-hydrogen) atoms. The van der Waals surface area contributed by atoms with Crippen LogP contribution in [0.5, 0.6) is 0 Å². The molecule has 0 N–H and O–H groups in total. The second kappa shape index (κ2) is 34.0. The summed E-state index contributed by atoms with van der Waals surface area (Å²) >= 11 is 0. The quantitative estimate of drug-likeness (QED) is 0.115. The molecule has 7 heterocycles. The highest BCUT2D eigenvalue weighted by molar-refractivity contribution is 6.16. The van der Waals surface area contributed by atoms with Gasteiger partial charge in [0.1, 0.15) is 33.5 Å². The molecular formula is C130H83N5O3. The van der Waals surface area contributed by atoms with E-state index in [-0.39, 0.29) is 0 Å². The predicted molar refractivity (Wildman–Crippen MR) is 574 cm³/mol. The van der Waals surface area contributed by atoms with E-state index >= 15 is 0 Å². The van der Waals surface area contributed by atoms with Crippen LogP contribution in [0.25, 0.3) is 260 Å². The summed E-state index contributed by atoms with van der Waals surface area (Å²) in [5.41, 5.74) is 37.6. The summed E-state index contributed by atoms with van der Waals surface area (Å²) in [6, 6.07) is 179. The number of hydrogen-bond donors (Lipinski definition) is 0. The lowest BCUT2D eigenvalue weighted by molar-refractivity contribution is 0.668. The molecule has 0 bridgehead atoms. The van der Waals surface area contributed by atoms with E-state index in [4.69, 9.17) is 23.2 Å². The normalized spacial score (nSPS) is 11.6. The van der Waals surface area contributed by atoms with Gasteiger partial charge in [0.05, 0.1) is 44.5 Å². The molecule has 0 saturated heterocycles. The molecular weight excluding hydrogens is 1680 g/mol. The molecule has 8 heteroatoms. The van der Waals surface area contributed by atoms with Crippen LogP contribution in [0, 0.1) is 0 Å². The number of para-hydroxylation sites is 5. The number of nitrogens with zero attached hydrogens (tertiary/aromatic N) is 5. The number of hydrogen-bond acceptors (Lipinski definition) is 5. The Hall–Kier alpha value is -18.5. The second-order valence-corrected chi connectivity index (χ2v) is 35.4. The molecule has 28 rings (SSSR count). The van der Waals surface area contributed by atoms with Gasteiger partial charge in [-0.3, -0.25) is 0 Å². The minimum atomic E-state index is 0.700. The zero-order chi connectivity index (χ0) is 91.1. The molecule has 0 saturated carbocycles. The summed E-state index contributed by atoms with van der Waals surface area (Å²) < 4.78 is 25.6. The summed E-state index contributed by atoms with van der Waals surface area (Å²) in [6.07, 6.45) is 0. The Morgan fingerprint density at radius 2 is 0.384 bits per heavy atom. The van der Waals surface area contributed by atoms with Gasteiger partial charge in [0.25, 0.3) is 0 Å². The van der Waals surface area contributed by atoms with E-state index in [1.165, 1.54) is 132 Å². The molecule has 646 valence electrons. The van der Waals surface area contributed by atoms with E-state index in [9.17, 15) is 0 Å². The van der Waals surface area contributed by atoms with Crippen LogP contribution in [0.2, 0.25) is 0 Å². The van der Waals surface area contributed by atoms with Crippen molar-refractivity contribution in [1.82, 2.24) is 23.7 Å². The van der Waals surface area contributed by atoms with Crippen molar-refractivity contribution < 1.29 is 13.3 Å². The third-order valence-corrected chi connectivity index (χ3v) is 27.2. The lowest BCUT2D eigenvalue weighted by atomic mass is 9.98. The van der Waals surface area contributed by atoms with Gasteiger partial charge in [-0.2, -0.15) is 0 Å². The monoisotopic (exact) mass is 1760 g/mol. The Labute approximate surface area is 795 Å². The highest BCUT2D eigenvalue weighted by Crippen LogP contribution is 2.45. The Morgan fingerprint density at radius 1 is 0.130 bits per heavy atom. The average molecular weight is 1760 g/mol. The van der Waals surface area contributed by atoms with Gasteiger partial charge in [0, 0.05) is 98.4 Å². The first-order chi connectivity index (χ1) is 68.4. The first-order valence-corrected chi connectivity index (χ1v) is 46.9. The first kappa shape index (κ1) is 80.4. The smallest absolute Gasteiger partial charge is 0.160 e. The van der Waals surface area contributed by atoms with Gasteiger partial charge in [0.2, 0.25) is 0 Å². The van der Waals surface area contributed by atoms with Crippen LogP contribution in [0.15, 0.2) is 517 Å². The van der Waals surface area contributed by atoms with Crippen molar-refractivity contribution in [3.05, 3.63) is 504 Å². The molecule has 28 aromatic rings. The number of furan rings is 3. The van der Waals surface area contributed by atoms with Gasteiger partial charge < -0.3 is 27.0 Å². The van der Waals surface area contributed by atoms with Crippen LogP contribution in [-0.4, -0.2) is 23.7 Å². The number of benzene rings is 21. The van der Waals surface area contributed by atoms with Crippen molar-refractivity contribution >= 4 is 131 Å². The van der Waals surface area contributed by atoms with Gasteiger partial charge in [0.15, 0.2) is 5.82 Å². The standard InChI is InChI=1S/C46H29N3O.2C42H27NO/c1-3-11-30(12-4-1)40-29-41(31-13-5-2-6-14-31)48-46(47-40)32-19-23-35(24-20-32)49-42-17-9-7-15-36(42)38-27-33(21-25-43(38)49)34-22-26-45-39(28-34)37-16-8-10-18-44(37)50-45;1-3-11-28(12-4-1)32-23-33(29-13-5-2-6-14-29)25-34(24-32)43-39-17-9-7-15-35(39)37-26-30(19-21-40(37)43)31-20-22-42-38(27-31)36-16-8-10-18-41(36)44-42;1-3-10-28(11-4-1)30-14-9-15-34(24-30)43-39-17-8-7-16-35(39)36-25-32(18-21-40(36)43)33-20-23-42-38(27-33)37-26-31(19-22-41(37)44-42)29-12-5-2-6-13-29/h1-29H;2*1-27H. The van der Waals surface area contributed by atoms with E-state index in [1.54, 1.807) is 0 Å². The molecule has 7 aromatic heterocycles. The van der Waals surface area contributed by atoms with Gasteiger partial charge in [-0.15, -0.1) is 0 Å². The van der Waals surface area contributed by atoms with E-state index in [2.05, 4.69) is 457 Å². The molecule has 0 aliphatic heterocycles. The third-order valence-electron chi connectivity index (χ3n) is 27.2. The summed E-state index contributed by atoms with van der Waals surface area (Å²) in [5.74, 6) is 0.700. The number of rotatable bonds is 13. The summed E-state index contributed by atoms with van der Waals surface area (Å²) in [4.78, 5) is 10.1. The van der Waals surface area contributed by atoms with Crippen LogP contribution < -0.4 is 0 Å². The highest BCUT2D eigenvalue weighted by Gasteiger charge is 2.23. The zero-order valence-electron chi connectivity index (χ0n) is 74.9. The second-order valence-electron chi connectivity index (χ2n) is 35.4. The van der Waals surface area contributed by atoms with Crippen LogP contribution >= 0.6 is 0 Å². The van der Waals surface area contributed by atoms with Crippen molar-refractivity contribution in [2.75, 3.05) is 0 Å². The molecule has 0 aliphatic carbocycles. The SMILES string of the molecule is c1ccc(-c2cc(-c3ccccc3)cc(-n3c4ccccc4c4cc(-c5ccc6oc7ccccc7c6c5)ccc43)c2)cc1.c1ccc(-c2cc(-c3ccccc3)nc(-c3ccc(-n4c5ccccc5c5cc(-c6ccc7oc8ccccc8c7c6)ccc54)cc3)n2)cc1.c1ccc(-c2cccc(-n3c4ccccc4c4cc(-c5ccc6oc7ccc(-c8ccccc8)cc7c6c5)ccc43)c2)cc1. The Morgan fingerprint density at radius 3 is 0.768 bits per heavy atom. The first-order valence-electron chi connectivity index (χ1n) is 46.9. The van der Waals surface area contributed by atoms with Crippen molar-refractivity contribution in [2.45, 2.75) is 0 Å². The molecule has 0 atom stereocenters. The molecule has 0 fully saturated rings. The maximum atomic E-state index is 6.25. The van der Waals surface area contributed by atoms with Gasteiger partial charge in [-0.25, -0.2) is 9.97 Å². The Bertz CT molecular complexity index is 9450. The largest absolute Gasteiger partial charge is 0.456 e.